The molecule has 0 radical (unpaired) electrons. The van der Waals surface area contributed by atoms with Crippen LogP contribution in [0.2, 0.25) is 0 Å². The zero-order valence-electron chi connectivity index (χ0n) is 13.2. The second kappa shape index (κ2) is 6.02. The van der Waals surface area contributed by atoms with Crippen molar-refractivity contribution in [3.8, 4) is 0 Å². The summed E-state index contributed by atoms with van der Waals surface area (Å²) in [7, 11) is 1.76. The van der Waals surface area contributed by atoms with Crippen molar-refractivity contribution in [2.45, 2.75) is 25.7 Å². The summed E-state index contributed by atoms with van der Waals surface area (Å²) in [4.78, 5) is 39.0. The number of amides is 3. The Kier molecular flexibility index (Phi) is 4.07. The average molecular weight is 315 g/mol. The third kappa shape index (κ3) is 2.93. The van der Waals surface area contributed by atoms with Crippen molar-refractivity contribution in [1.82, 2.24) is 4.90 Å². The van der Waals surface area contributed by atoms with E-state index >= 15 is 0 Å². The molecule has 0 aliphatic carbocycles. The smallest absolute Gasteiger partial charge is 0.253 e. The highest BCUT2D eigenvalue weighted by molar-refractivity contribution is 5.99. The molecule has 2 heterocycles. The normalized spacial score (nSPS) is 18.7. The lowest BCUT2D eigenvalue weighted by Gasteiger charge is -2.31. The molecular formula is C17H21N3O3. The predicted molar refractivity (Wildman–Crippen MR) is 86.0 cm³/mol. The van der Waals surface area contributed by atoms with Gasteiger partial charge in [0, 0.05) is 43.7 Å². The predicted octanol–water partition coefficient (Wildman–Crippen LogP) is 0.933. The van der Waals surface area contributed by atoms with Crippen LogP contribution in [0.1, 0.15) is 35.2 Å². The van der Waals surface area contributed by atoms with E-state index in [0.717, 1.165) is 11.3 Å². The van der Waals surface area contributed by atoms with E-state index in [4.69, 9.17) is 5.73 Å². The van der Waals surface area contributed by atoms with Gasteiger partial charge in [0.05, 0.1) is 0 Å². The van der Waals surface area contributed by atoms with Crippen LogP contribution in [0.3, 0.4) is 0 Å². The quantitative estimate of drug-likeness (QED) is 0.881. The zero-order chi connectivity index (χ0) is 16.6. The Bertz CT molecular complexity index is 663. The van der Waals surface area contributed by atoms with Crippen LogP contribution in [0.5, 0.6) is 0 Å². The number of fused-ring (bicyclic) bond motifs is 1. The number of benzene rings is 1. The van der Waals surface area contributed by atoms with Crippen molar-refractivity contribution in [2.24, 2.45) is 11.7 Å². The minimum atomic E-state index is -0.279. The zero-order valence-corrected chi connectivity index (χ0v) is 13.2. The van der Waals surface area contributed by atoms with E-state index < -0.39 is 0 Å². The molecule has 1 fully saturated rings. The number of primary amides is 1. The largest absolute Gasteiger partial charge is 0.369 e. The van der Waals surface area contributed by atoms with Crippen LogP contribution in [-0.4, -0.2) is 42.8 Å². The van der Waals surface area contributed by atoms with Crippen LogP contribution in [0, 0.1) is 5.92 Å². The van der Waals surface area contributed by atoms with Gasteiger partial charge >= 0.3 is 0 Å². The summed E-state index contributed by atoms with van der Waals surface area (Å²) in [5, 5.41) is 0. The van der Waals surface area contributed by atoms with Gasteiger partial charge in [-0.15, -0.1) is 0 Å². The maximum Gasteiger partial charge on any atom is 0.253 e. The van der Waals surface area contributed by atoms with Crippen LogP contribution in [0.15, 0.2) is 18.2 Å². The summed E-state index contributed by atoms with van der Waals surface area (Å²) < 4.78 is 0. The van der Waals surface area contributed by atoms with Gasteiger partial charge in [-0.05, 0) is 43.0 Å². The maximum atomic E-state index is 12.6. The molecule has 23 heavy (non-hydrogen) atoms. The Hall–Kier alpha value is -2.37. The van der Waals surface area contributed by atoms with Gasteiger partial charge in [0.25, 0.3) is 5.91 Å². The average Bonchev–Trinajstić information content (AvgIpc) is 2.57. The molecule has 1 saturated heterocycles. The number of carbonyl (C=O) groups is 3. The number of carbonyl (C=O) groups excluding carboxylic acids is 3. The molecule has 3 amide bonds. The number of nitrogens with two attached hydrogens (primary N) is 1. The van der Waals surface area contributed by atoms with Gasteiger partial charge in [-0.2, -0.15) is 0 Å². The Labute approximate surface area is 135 Å². The Morgan fingerprint density at radius 1 is 1.17 bits per heavy atom. The molecule has 1 aromatic carbocycles. The number of hydrogen-bond donors (Lipinski definition) is 1. The fourth-order valence-electron chi connectivity index (χ4n) is 3.34. The van der Waals surface area contributed by atoms with Gasteiger partial charge in [-0.1, -0.05) is 0 Å². The number of aryl methyl sites for hydroxylation is 1. The maximum absolute atomic E-state index is 12.6. The van der Waals surface area contributed by atoms with Crippen LogP contribution in [0.25, 0.3) is 0 Å². The fourth-order valence-corrected chi connectivity index (χ4v) is 3.34. The Morgan fingerprint density at radius 3 is 2.52 bits per heavy atom. The first kappa shape index (κ1) is 15.5. The van der Waals surface area contributed by atoms with Crippen molar-refractivity contribution < 1.29 is 14.4 Å². The van der Waals surface area contributed by atoms with Crippen LogP contribution in [0.4, 0.5) is 5.69 Å². The third-order valence-electron chi connectivity index (χ3n) is 4.85. The van der Waals surface area contributed by atoms with E-state index in [0.29, 0.717) is 44.3 Å². The summed E-state index contributed by atoms with van der Waals surface area (Å²) >= 11 is 0. The first-order valence-electron chi connectivity index (χ1n) is 7.95. The number of rotatable bonds is 2. The monoisotopic (exact) mass is 315 g/mol. The topological polar surface area (TPSA) is 83.7 Å². The molecule has 6 nitrogen and oxygen atoms in total. The number of likely N-dealkylation sites (tertiary alicyclic amines) is 1. The molecule has 0 unspecified atom stereocenters. The molecular weight excluding hydrogens is 294 g/mol. The van der Waals surface area contributed by atoms with Gasteiger partial charge in [-0.3, -0.25) is 14.4 Å². The molecule has 6 heteroatoms. The minimum absolute atomic E-state index is 0.0183. The number of nitrogens with zero attached hydrogens (tertiary/aromatic N) is 2. The second-order valence-electron chi connectivity index (χ2n) is 6.27. The number of hydrogen-bond acceptors (Lipinski definition) is 3. The summed E-state index contributed by atoms with van der Waals surface area (Å²) in [6.07, 6.45) is 2.40. The van der Waals surface area contributed by atoms with Crippen molar-refractivity contribution in [3.05, 3.63) is 29.3 Å². The Balaban J connectivity index is 1.74. The SMILES string of the molecule is CN1C(=O)CCc2cc(C(=O)N3CCC(C(N)=O)CC3)ccc21. The van der Waals surface area contributed by atoms with Crippen LogP contribution >= 0.6 is 0 Å². The molecule has 2 N–H and O–H groups in total. The van der Waals surface area contributed by atoms with Crippen molar-refractivity contribution in [1.29, 1.82) is 0 Å². The highest BCUT2D eigenvalue weighted by Crippen LogP contribution is 2.28. The van der Waals surface area contributed by atoms with E-state index in [2.05, 4.69) is 0 Å². The highest BCUT2D eigenvalue weighted by atomic mass is 16.2. The molecule has 122 valence electrons. The minimum Gasteiger partial charge on any atom is -0.369 e. The van der Waals surface area contributed by atoms with Crippen molar-refractivity contribution >= 4 is 23.4 Å². The van der Waals surface area contributed by atoms with E-state index in [9.17, 15) is 14.4 Å². The van der Waals surface area contributed by atoms with Crippen molar-refractivity contribution in [2.75, 3.05) is 25.0 Å². The van der Waals surface area contributed by atoms with E-state index in [1.165, 1.54) is 0 Å². The molecule has 2 aliphatic heterocycles. The fraction of sp³-hybridized carbons (Fsp3) is 0.471. The summed E-state index contributed by atoms with van der Waals surface area (Å²) in [6.45, 7) is 1.11. The molecule has 0 atom stereocenters. The lowest BCUT2D eigenvalue weighted by atomic mass is 9.95. The molecule has 1 aromatic rings. The molecule has 0 bridgehead atoms. The molecule has 3 rings (SSSR count). The lowest BCUT2D eigenvalue weighted by molar-refractivity contribution is -0.123. The summed E-state index contributed by atoms with van der Waals surface area (Å²) in [5.74, 6) is -0.318. The third-order valence-corrected chi connectivity index (χ3v) is 4.85. The highest BCUT2D eigenvalue weighted by Gasteiger charge is 2.27. The van der Waals surface area contributed by atoms with Gasteiger partial charge in [0.2, 0.25) is 11.8 Å². The van der Waals surface area contributed by atoms with E-state index in [1.54, 1.807) is 22.9 Å². The van der Waals surface area contributed by atoms with E-state index in [-0.39, 0.29) is 23.6 Å². The van der Waals surface area contributed by atoms with Crippen molar-refractivity contribution in [3.63, 3.8) is 0 Å². The molecule has 0 spiro atoms. The lowest BCUT2D eigenvalue weighted by Crippen LogP contribution is -2.41. The van der Waals surface area contributed by atoms with Crippen LogP contribution in [-0.2, 0) is 16.0 Å². The van der Waals surface area contributed by atoms with E-state index in [1.807, 2.05) is 12.1 Å². The van der Waals surface area contributed by atoms with Gasteiger partial charge in [0.15, 0.2) is 0 Å². The molecule has 2 aliphatic rings. The number of anilines is 1. The summed E-state index contributed by atoms with van der Waals surface area (Å²) in [6, 6.07) is 5.51. The van der Waals surface area contributed by atoms with Gasteiger partial charge in [-0.25, -0.2) is 0 Å². The van der Waals surface area contributed by atoms with Crippen LogP contribution < -0.4 is 10.6 Å². The first-order chi connectivity index (χ1) is 11.0. The second-order valence-corrected chi connectivity index (χ2v) is 6.27. The van der Waals surface area contributed by atoms with Gasteiger partial charge in [0.1, 0.15) is 0 Å². The first-order valence-corrected chi connectivity index (χ1v) is 7.95. The summed E-state index contributed by atoms with van der Waals surface area (Å²) in [5.41, 5.74) is 7.88. The molecule has 0 saturated carbocycles. The molecule has 0 aromatic heterocycles. The van der Waals surface area contributed by atoms with Gasteiger partial charge < -0.3 is 15.5 Å². The Morgan fingerprint density at radius 2 is 1.87 bits per heavy atom. The standard InChI is InChI=1S/C17H21N3O3/c1-19-14-4-2-13(10-12(14)3-5-15(19)21)17(23)20-8-6-11(7-9-20)16(18)22/h2,4,10-11H,3,5-9H2,1H3,(H2,18,22). The number of piperidine rings is 1.